The molecular weight excluding hydrogens is 357 g/mol. The number of aliphatic imine (C=N–C) groups is 1. The van der Waals surface area contributed by atoms with Crippen LogP contribution in [0.5, 0.6) is 0 Å². The minimum absolute atomic E-state index is 0. The highest BCUT2D eigenvalue weighted by Gasteiger charge is 2.17. The molecule has 4 N–H and O–H groups in total. The molecule has 1 aromatic rings. The molecule has 0 aliphatic rings. The zero-order valence-corrected chi connectivity index (χ0v) is 13.7. The third-order valence-corrected chi connectivity index (χ3v) is 2.01. The monoisotopic (exact) mass is 377 g/mol. The molecule has 6 heteroatoms. The lowest BCUT2D eigenvalue weighted by Gasteiger charge is -2.19. The highest BCUT2D eigenvalue weighted by atomic mass is 127. The highest BCUT2D eigenvalue weighted by molar-refractivity contribution is 14.0. The van der Waals surface area contributed by atoms with Gasteiger partial charge in [0.05, 0.1) is 12.1 Å². The predicted molar refractivity (Wildman–Crippen MR) is 86.5 cm³/mol. The van der Waals surface area contributed by atoms with Crippen molar-refractivity contribution in [2.24, 2.45) is 16.5 Å². The first-order valence-electron chi connectivity index (χ1n) is 5.65. The summed E-state index contributed by atoms with van der Waals surface area (Å²) in [6.45, 7) is 5.83. The van der Waals surface area contributed by atoms with Crippen molar-refractivity contribution >= 4 is 35.9 Å². The van der Waals surface area contributed by atoms with Gasteiger partial charge in [0.1, 0.15) is 5.60 Å². The molecule has 0 saturated carbocycles. The standard InChI is InChI=1S/C13H19N3O2.HI/c1-13(2,3)18-11(17)10-6-4-5-9(7-10)8-16-12(14)15;/h4-7H,8H2,1-3H3,(H4,14,15,16);1H. The second kappa shape index (κ2) is 7.32. The Kier molecular flexibility index (Phi) is 6.82. The van der Waals surface area contributed by atoms with E-state index in [0.29, 0.717) is 12.1 Å². The Morgan fingerprint density at radius 3 is 2.47 bits per heavy atom. The van der Waals surface area contributed by atoms with Crippen molar-refractivity contribution in [3.8, 4) is 0 Å². The summed E-state index contributed by atoms with van der Waals surface area (Å²) in [5.41, 5.74) is 11.4. The number of benzene rings is 1. The maximum atomic E-state index is 11.8. The molecule has 106 valence electrons. The molecular formula is C13H20IN3O2. The van der Waals surface area contributed by atoms with E-state index < -0.39 is 5.60 Å². The number of ether oxygens (including phenoxy) is 1. The van der Waals surface area contributed by atoms with Crippen LogP contribution < -0.4 is 11.5 Å². The van der Waals surface area contributed by atoms with Gasteiger partial charge in [0, 0.05) is 0 Å². The molecule has 0 radical (unpaired) electrons. The molecule has 19 heavy (non-hydrogen) atoms. The van der Waals surface area contributed by atoms with Gasteiger partial charge < -0.3 is 16.2 Å². The van der Waals surface area contributed by atoms with Crippen LogP contribution >= 0.6 is 24.0 Å². The lowest BCUT2D eigenvalue weighted by molar-refractivity contribution is 0.00694. The second-order valence-electron chi connectivity index (χ2n) is 4.94. The summed E-state index contributed by atoms with van der Waals surface area (Å²) in [4.78, 5) is 15.7. The first-order valence-corrected chi connectivity index (χ1v) is 5.65. The van der Waals surface area contributed by atoms with Gasteiger partial charge in [-0.05, 0) is 38.5 Å². The lowest BCUT2D eigenvalue weighted by Crippen LogP contribution is -2.24. The maximum Gasteiger partial charge on any atom is 0.338 e. The summed E-state index contributed by atoms with van der Waals surface area (Å²) in [6.07, 6.45) is 0. The van der Waals surface area contributed by atoms with Crippen molar-refractivity contribution in [3.05, 3.63) is 35.4 Å². The van der Waals surface area contributed by atoms with E-state index in [2.05, 4.69) is 4.99 Å². The van der Waals surface area contributed by atoms with Crippen LogP contribution in [-0.2, 0) is 11.3 Å². The third-order valence-electron chi connectivity index (χ3n) is 2.01. The molecule has 0 fully saturated rings. The van der Waals surface area contributed by atoms with Crippen molar-refractivity contribution in [1.29, 1.82) is 0 Å². The number of carbonyl (C=O) groups is 1. The van der Waals surface area contributed by atoms with E-state index >= 15 is 0 Å². The molecule has 0 aromatic heterocycles. The van der Waals surface area contributed by atoms with Crippen LogP contribution in [0.15, 0.2) is 29.3 Å². The molecule has 0 heterocycles. The van der Waals surface area contributed by atoms with E-state index in [0.717, 1.165) is 5.56 Å². The average Bonchev–Trinajstić information content (AvgIpc) is 2.24. The van der Waals surface area contributed by atoms with E-state index in [9.17, 15) is 4.79 Å². The van der Waals surface area contributed by atoms with Crippen LogP contribution in [0.25, 0.3) is 0 Å². The van der Waals surface area contributed by atoms with E-state index in [1.54, 1.807) is 18.2 Å². The van der Waals surface area contributed by atoms with E-state index in [1.807, 2.05) is 26.8 Å². The van der Waals surface area contributed by atoms with E-state index in [1.165, 1.54) is 0 Å². The summed E-state index contributed by atoms with van der Waals surface area (Å²) in [7, 11) is 0. The number of nitrogens with two attached hydrogens (primary N) is 2. The predicted octanol–water partition coefficient (Wildman–Crippen LogP) is 2.03. The molecule has 0 amide bonds. The number of nitrogens with zero attached hydrogens (tertiary/aromatic N) is 1. The molecule has 5 nitrogen and oxygen atoms in total. The van der Waals surface area contributed by atoms with E-state index in [4.69, 9.17) is 16.2 Å². The first kappa shape index (κ1) is 17.7. The van der Waals surface area contributed by atoms with Crippen molar-refractivity contribution in [3.63, 3.8) is 0 Å². The number of guanidine groups is 1. The lowest BCUT2D eigenvalue weighted by atomic mass is 10.1. The molecule has 0 aliphatic heterocycles. The van der Waals surface area contributed by atoms with Gasteiger partial charge in [-0.25, -0.2) is 9.79 Å². The number of hydrogen-bond donors (Lipinski definition) is 2. The third kappa shape index (κ3) is 7.00. The highest BCUT2D eigenvalue weighted by Crippen LogP contribution is 2.13. The van der Waals surface area contributed by atoms with Gasteiger partial charge in [-0.2, -0.15) is 0 Å². The topological polar surface area (TPSA) is 90.7 Å². The van der Waals surface area contributed by atoms with Gasteiger partial charge in [0.25, 0.3) is 0 Å². The number of rotatable bonds is 3. The molecule has 1 rings (SSSR count). The Balaban J connectivity index is 0.00000324. The Morgan fingerprint density at radius 2 is 1.95 bits per heavy atom. The van der Waals surface area contributed by atoms with Gasteiger partial charge in [-0.1, -0.05) is 12.1 Å². The van der Waals surface area contributed by atoms with Crippen LogP contribution in [0, 0.1) is 0 Å². The Morgan fingerprint density at radius 1 is 1.32 bits per heavy atom. The number of hydrogen-bond acceptors (Lipinski definition) is 3. The molecule has 0 bridgehead atoms. The molecule has 0 spiro atoms. The molecule has 1 aromatic carbocycles. The van der Waals surface area contributed by atoms with Crippen LogP contribution in [0.3, 0.4) is 0 Å². The fourth-order valence-corrected chi connectivity index (χ4v) is 1.32. The van der Waals surface area contributed by atoms with Gasteiger partial charge >= 0.3 is 5.97 Å². The van der Waals surface area contributed by atoms with Crippen LogP contribution in [-0.4, -0.2) is 17.5 Å². The Labute approximate surface area is 130 Å². The van der Waals surface area contributed by atoms with Crippen LogP contribution in [0.2, 0.25) is 0 Å². The zero-order chi connectivity index (χ0) is 13.8. The summed E-state index contributed by atoms with van der Waals surface area (Å²) in [5, 5.41) is 0. The second-order valence-corrected chi connectivity index (χ2v) is 4.94. The number of halogens is 1. The zero-order valence-electron chi connectivity index (χ0n) is 11.3. The summed E-state index contributed by atoms with van der Waals surface area (Å²) in [6, 6.07) is 7.05. The molecule has 0 saturated heterocycles. The van der Waals surface area contributed by atoms with Gasteiger partial charge in [0.15, 0.2) is 5.96 Å². The fourth-order valence-electron chi connectivity index (χ4n) is 1.32. The summed E-state index contributed by atoms with van der Waals surface area (Å²) in [5.74, 6) is -0.327. The smallest absolute Gasteiger partial charge is 0.338 e. The minimum atomic E-state index is -0.507. The fraction of sp³-hybridized carbons (Fsp3) is 0.385. The van der Waals surface area contributed by atoms with Crippen molar-refractivity contribution in [2.45, 2.75) is 32.9 Å². The molecule has 0 unspecified atom stereocenters. The van der Waals surface area contributed by atoms with Crippen molar-refractivity contribution in [2.75, 3.05) is 0 Å². The van der Waals surface area contributed by atoms with Crippen molar-refractivity contribution in [1.82, 2.24) is 0 Å². The molecule has 0 atom stereocenters. The normalized spacial score (nSPS) is 10.3. The largest absolute Gasteiger partial charge is 0.456 e. The Bertz CT molecular complexity index is 463. The summed E-state index contributed by atoms with van der Waals surface area (Å²) < 4.78 is 5.28. The van der Waals surface area contributed by atoms with Gasteiger partial charge in [-0.3, -0.25) is 0 Å². The Hall–Kier alpha value is -1.31. The van der Waals surface area contributed by atoms with E-state index in [-0.39, 0.29) is 35.9 Å². The van der Waals surface area contributed by atoms with Crippen LogP contribution in [0.1, 0.15) is 36.7 Å². The minimum Gasteiger partial charge on any atom is -0.456 e. The van der Waals surface area contributed by atoms with Gasteiger partial charge in [0.2, 0.25) is 0 Å². The van der Waals surface area contributed by atoms with Gasteiger partial charge in [-0.15, -0.1) is 24.0 Å². The first-order chi connectivity index (χ1) is 8.28. The maximum absolute atomic E-state index is 11.8. The van der Waals surface area contributed by atoms with Crippen LogP contribution in [0.4, 0.5) is 0 Å². The molecule has 0 aliphatic carbocycles. The number of esters is 1. The summed E-state index contributed by atoms with van der Waals surface area (Å²) >= 11 is 0. The van der Waals surface area contributed by atoms with Crippen molar-refractivity contribution < 1.29 is 9.53 Å². The average molecular weight is 377 g/mol. The number of carbonyl (C=O) groups excluding carboxylic acids is 1. The SMILES string of the molecule is CC(C)(C)OC(=O)c1cccc(CN=C(N)N)c1.I. The quantitative estimate of drug-likeness (QED) is 0.365.